The smallest absolute Gasteiger partial charge is 0.462 e. The maximum atomic E-state index is 12.4. The third kappa shape index (κ3) is 44.2. The standard InChI is InChI=1S/C47H81O8P/c1-3-5-7-9-11-13-15-17-19-21-22-23-24-26-28-30-32-34-36-38-40-42-47(49)55-45(44-54-56(50,51)52)43-53-46(48)41-39-37-35-33-31-29-27-25-20-18-16-14-12-10-8-6-4-2/h6,8,12,14,17-20,27,29,33,35,45H,3-5,7,9-11,13,15-16,21-26,28,30-32,34,36-44H2,1-2H3,(H2,50,51,52)/b8-6+,14-12+,19-17+,20-18+,29-27+,35-33+/t45-/m1/s1. The Kier molecular flexibility index (Phi) is 40.2. The Balaban J connectivity index is 3.96. The van der Waals surface area contributed by atoms with Crippen molar-refractivity contribution in [3.8, 4) is 0 Å². The topological polar surface area (TPSA) is 119 Å². The average Bonchev–Trinajstić information content (AvgIpc) is 3.17. The van der Waals surface area contributed by atoms with E-state index in [2.05, 4.69) is 85.2 Å². The Hall–Kier alpha value is -2.51. The Morgan fingerprint density at radius 1 is 0.482 bits per heavy atom. The highest BCUT2D eigenvalue weighted by Gasteiger charge is 2.22. The van der Waals surface area contributed by atoms with E-state index in [1.807, 2.05) is 6.08 Å². The second kappa shape index (κ2) is 42.1. The zero-order chi connectivity index (χ0) is 41.1. The molecule has 0 aromatic carbocycles. The molecule has 2 N–H and O–H groups in total. The minimum absolute atomic E-state index is 0.186. The van der Waals surface area contributed by atoms with Gasteiger partial charge in [-0.2, -0.15) is 0 Å². The van der Waals surface area contributed by atoms with Crippen molar-refractivity contribution in [1.82, 2.24) is 0 Å². The minimum Gasteiger partial charge on any atom is -0.462 e. The summed E-state index contributed by atoms with van der Waals surface area (Å²) in [5.41, 5.74) is 0. The lowest BCUT2D eigenvalue weighted by molar-refractivity contribution is -0.161. The van der Waals surface area contributed by atoms with Crippen molar-refractivity contribution >= 4 is 19.8 Å². The fourth-order valence-corrected chi connectivity index (χ4v) is 6.29. The van der Waals surface area contributed by atoms with Gasteiger partial charge in [0, 0.05) is 12.8 Å². The molecule has 0 aromatic heterocycles. The van der Waals surface area contributed by atoms with Crippen LogP contribution in [0.2, 0.25) is 0 Å². The molecule has 0 aliphatic rings. The molecule has 0 aromatic rings. The number of ether oxygens (including phenoxy) is 2. The van der Waals surface area contributed by atoms with Crippen molar-refractivity contribution in [1.29, 1.82) is 0 Å². The molecule has 0 saturated carbocycles. The molecule has 322 valence electrons. The molecule has 0 aliphatic heterocycles. The van der Waals surface area contributed by atoms with Gasteiger partial charge in [0.05, 0.1) is 6.61 Å². The monoisotopic (exact) mass is 805 g/mol. The minimum atomic E-state index is -4.77. The summed E-state index contributed by atoms with van der Waals surface area (Å²) in [6, 6.07) is 0. The highest BCUT2D eigenvalue weighted by atomic mass is 31.2. The zero-order valence-corrected chi connectivity index (χ0v) is 36.4. The quantitative estimate of drug-likeness (QED) is 0.0272. The first-order chi connectivity index (χ1) is 27.3. The number of rotatable bonds is 40. The molecule has 9 heteroatoms. The lowest BCUT2D eigenvalue weighted by atomic mass is 10.0. The molecule has 1 atom stereocenters. The van der Waals surface area contributed by atoms with Crippen LogP contribution in [-0.2, 0) is 28.2 Å². The van der Waals surface area contributed by atoms with Crippen LogP contribution in [0.1, 0.15) is 194 Å². The van der Waals surface area contributed by atoms with Gasteiger partial charge >= 0.3 is 19.8 Å². The normalized spacial score (nSPS) is 13.1. The lowest BCUT2D eigenvalue weighted by Gasteiger charge is -2.18. The molecule has 0 spiro atoms. The molecule has 0 unspecified atom stereocenters. The third-order valence-electron chi connectivity index (χ3n) is 9.21. The average molecular weight is 805 g/mol. The Morgan fingerprint density at radius 2 is 0.875 bits per heavy atom. The fourth-order valence-electron chi connectivity index (χ4n) is 5.93. The number of carbonyl (C=O) groups excluding carboxylic acids is 2. The van der Waals surface area contributed by atoms with Gasteiger partial charge in [-0.05, 0) is 77.0 Å². The van der Waals surface area contributed by atoms with E-state index in [0.717, 1.165) is 57.8 Å². The van der Waals surface area contributed by atoms with Crippen molar-refractivity contribution in [2.24, 2.45) is 0 Å². The number of phosphoric ester groups is 1. The highest BCUT2D eigenvalue weighted by molar-refractivity contribution is 7.46. The predicted octanol–water partition coefficient (Wildman–Crippen LogP) is 13.9. The van der Waals surface area contributed by atoms with Crippen LogP contribution < -0.4 is 0 Å². The first-order valence-corrected chi connectivity index (χ1v) is 23.8. The van der Waals surface area contributed by atoms with Gasteiger partial charge in [-0.25, -0.2) is 4.57 Å². The summed E-state index contributed by atoms with van der Waals surface area (Å²) in [6.07, 6.45) is 54.9. The molecule has 0 aliphatic carbocycles. The summed E-state index contributed by atoms with van der Waals surface area (Å²) in [7, 11) is -4.77. The van der Waals surface area contributed by atoms with Crippen molar-refractivity contribution in [3.05, 3.63) is 72.9 Å². The van der Waals surface area contributed by atoms with Crippen LogP contribution in [0.5, 0.6) is 0 Å². The Morgan fingerprint density at radius 3 is 1.36 bits per heavy atom. The van der Waals surface area contributed by atoms with E-state index in [0.29, 0.717) is 12.8 Å². The predicted molar refractivity (Wildman–Crippen MR) is 234 cm³/mol. The molecular formula is C47H81O8P. The Labute approximate surface area is 342 Å². The number of phosphoric acid groups is 1. The van der Waals surface area contributed by atoms with Crippen molar-refractivity contribution < 1.29 is 37.9 Å². The number of allylic oxidation sites excluding steroid dienone is 12. The van der Waals surface area contributed by atoms with Crippen LogP contribution in [0.25, 0.3) is 0 Å². The molecule has 0 rings (SSSR count). The summed E-state index contributed by atoms with van der Waals surface area (Å²) in [6.45, 7) is 3.52. The number of unbranched alkanes of at least 4 members (excludes halogenated alkanes) is 18. The number of carbonyl (C=O) groups is 2. The zero-order valence-electron chi connectivity index (χ0n) is 35.5. The molecule has 0 radical (unpaired) electrons. The lowest BCUT2D eigenvalue weighted by Crippen LogP contribution is -2.29. The summed E-state index contributed by atoms with van der Waals surface area (Å²) in [5.74, 6) is -0.955. The van der Waals surface area contributed by atoms with E-state index in [4.69, 9.17) is 19.3 Å². The van der Waals surface area contributed by atoms with Gasteiger partial charge in [0.1, 0.15) is 6.61 Å². The van der Waals surface area contributed by atoms with E-state index in [1.54, 1.807) is 0 Å². The molecule has 0 fully saturated rings. The molecule has 0 heterocycles. The van der Waals surface area contributed by atoms with E-state index >= 15 is 0 Å². The summed E-state index contributed by atoms with van der Waals surface area (Å²) in [5, 5.41) is 0. The van der Waals surface area contributed by atoms with Crippen LogP contribution in [-0.4, -0.2) is 41.0 Å². The second-order valence-electron chi connectivity index (χ2n) is 14.6. The summed E-state index contributed by atoms with van der Waals surface area (Å²) < 4.78 is 26.4. The van der Waals surface area contributed by atoms with Crippen LogP contribution in [0, 0.1) is 0 Å². The molecule has 0 saturated heterocycles. The second-order valence-corrected chi connectivity index (χ2v) is 15.9. The van der Waals surface area contributed by atoms with Crippen LogP contribution >= 0.6 is 7.82 Å². The SMILES string of the molecule is CC/C=C/C/C=C/C/C=C/C/C=C/C/C=C/CCCC(=O)OC[C@H](COP(=O)(O)O)OC(=O)CCCCCCCCCCCCC/C=C/CCCCCCCC. The fraction of sp³-hybridized carbons (Fsp3) is 0.702. The van der Waals surface area contributed by atoms with E-state index in [1.165, 1.54) is 96.3 Å². The van der Waals surface area contributed by atoms with Crippen LogP contribution in [0.4, 0.5) is 0 Å². The number of hydrogen-bond acceptors (Lipinski definition) is 6. The third-order valence-corrected chi connectivity index (χ3v) is 9.69. The van der Waals surface area contributed by atoms with Crippen LogP contribution in [0.15, 0.2) is 72.9 Å². The van der Waals surface area contributed by atoms with Gasteiger partial charge in [0.25, 0.3) is 0 Å². The molecular weight excluding hydrogens is 723 g/mol. The van der Waals surface area contributed by atoms with Crippen molar-refractivity contribution in [3.63, 3.8) is 0 Å². The molecule has 0 bridgehead atoms. The van der Waals surface area contributed by atoms with Gasteiger partial charge < -0.3 is 19.3 Å². The van der Waals surface area contributed by atoms with E-state index in [-0.39, 0.29) is 19.4 Å². The summed E-state index contributed by atoms with van der Waals surface area (Å²) in [4.78, 5) is 42.9. The maximum Gasteiger partial charge on any atom is 0.469 e. The van der Waals surface area contributed by atoms with Gasteiger partial charge in [0.15, 0.2) is 6.10 Å². The first kappa shape index (κ1) is 53.5. The van der Waals surface area contributed by atoms with Gasteiger partial charge in [0.2, 0.25) is 0 Å². The van der Waals surface area contributed by atoms with E-state index < -0.39 is 32.5 Å². The maximum absolute atomic E-state index is 12.4. The van der Waals surface area contributed by atoms with Gasteiger partial charge in [-0.3, -0.25) is 14.1 Å². The molecule has 0 amide bonds. The van der Waals surface area contributed by atoms with Crippen molar-refractivity contribution in [2.75, 3.05) is 13.2 Å². The Bertz CT molecular complexity index is 1130. The van der Waals surface area contributed by atoms with E-state index in [9.17, 15) is 14.2 Å². The number of hydrogen-bond donors (Lipinski definition) is 2. The highest BCUT2D eigenvalue weighted by Crippen LogP contribution is 2.36. The van der Waals surface area contributed by atoms with Crippen LogP contribution in [0.3, 0.4) is 0 Å². The van der Waals surface area contributed by atoms with Crippen molar-refractivity contribution in [2.45, 2.75) is 200 Å². The van der Waals surface area contributed by atoms with Gasteiger partial charge in [-0.1, -0.05) is 177 Å². The first-order valence-electron chi connectivity index (χ1n) is 22.2. The molecule has 8 nitrogen and oxygen atoms in total. The number of esters is 2. The molecule has 56 heavy (non-hydrogen) atoms. The van der Waals surface area contributed by atoms with Gasteiger partial charge in [-0.15, -0.1) is 0 Å². The largest absolute Gasteiger partial charge is 0.469 e. The summed E-state index contributed by atoms with van der Waals surface area (Å²) >= 11 is 0.